The molecule has 0 saturated carbocycles. The van der Waals surface area contributed by atoms with E-state index in [2.05, 4.69) is 5.32 Å². The number of carbonyl (C=O) groups excluding carboxylic acids is 2. The van der Waals surface area contributed by atoms with Gasteiger partial charge in [0.05, 0.1) is 13.0 Å². The Morgan fingerprint density at radius 1 is 1.03 bits per heavy atom. The summed E-state index contributed by atoms with van der Waals surface area (Å²) in [4.78, 5) is 24.5. The molecule has 1 aliphatic carbocycles. The Balaban J connectivity index is 1.77. The third kappa shape index (κ3) is 4.31. The zero-order valence-electron chi connectivity index (χ0n) is 15.3. The van der Waals surface area contributed by atoms with Crippen LogP contribution in [-0.4, -0.2) is 25.0 Å². The van der Waals surface area contributed by atoms with E-state index in [1.165, 1.54) is 25.3 Å². The largest absolute Gasteiger partial charge is 0.469 e. The lowest BCUT2D eigenvalue weighted by Gasteiger charge is -2.22. The second kappa shape index (κ2) is 8.46. The number of hydrogen-bond donors (Lipinski definition) is 1. The monoisotopic (exact) mass is 407 g/mol. The van der Waals surface area contributed by atoms with Gasteiger partial charge in [0.2, 0.25) is 0 Å². The average Bonchev–Trinajstić information content (AvgIpc) is 3.10. The van der Waals surface area contributed by atoms with Gasteiger partial charge in [0, 0.05) is 23.7 Å². The molecule has 0 aromatic heterocycles. The third-order valence-electron chi connectivity index (χ3n) is 4.79. The number of halogens is 4. The van der Waals surface area contributed by atoms with Crippen molar-refractivity contribution in [2.75, 3.05) is 7.11 Å². The summed E-state index contributed by atoms with van der Waals surface area (Å²) < 4.78 is 59.6. The molecule has 0 saturated heterocycles. The number of methoxy groups -OCH3 is 1. The van der Waals surface area contributed by atoms with Crippen molar-refractivity contribution in [1.29, 1.82) is 0 Å². The number of hydrogen-bond acceptors (Lipinski definition) is 3. The van der Waals surface area contributed by atoms with E-state index in [1.807, 2.05) is 0 Å². The first kappa shape index (κ1) is 20.6. The molecule has 0 fully saturated rings. The zero-order valence-corrected chi connectivity index (χ0v) is 15.3. The summed E-state index contributed by atoms with van der Waals surface area (Å²) in [5, 5.41) is 2.43. The van der Waals surface area contributed by atoms with Crippen LogP contribution >= 0.6 is 0 Å². The smallest absolute Gasteiger partial charge is 0.313 e. The number of amides is 1. The van der Waals surface area contributed by atoms with Crippen LogP contribution in [0.2, 0.25) is 0 Å². The zero-order chi connectivity index (χ0) is 21.1. The highest BCUT2D eigenvalue weighted by Gasteiger charge is 2.36. The number of carbonyl (C=O) groups is 2. The highest BCUT2D eigenvalue weighted by atomic mass is 19.1. The Morgan fingerprint density at radius 3 is 2.31 bits per heavy atom. The SMILES string of the molecule is COC(=O)[C@H](c1ccccc1F)[C@H]1C=C[C@H](NC(=O)c2c(F)cc(F)cc2F)C1. The van der Waals surface area contributed by atoms with Crippen LogP contribution in [-0.2, 0) is 9.53 Å². The Morgan fingerprint density at radius 2 is 1.69 bits per heavy atom. The summed E-state index contributed by atoms with van der Waals surface area (Å²) in [6.45, 7) is 0. The number of esters is 1. The first-order valence-electron chi connectivity index (χ1n) is 8.77. The van der Waals surface area contributed by atoms with Crippen molar-refractivity contribution in [2.45, 2.75) is 18.4 Å². The van der Waals surface area contributed by atoms with Gasteiger partial charge in [0.25, 0.3) is 5.91 Å². The van der Waals surface area contributed by atoms with Crippen LogP contribution in [0.4, 0.5) is 17.6 Å². The molecule has 0 unspecified atom stereocenters. The predicted octanol–water partition coefficient (Wildman–Crippen LogP) is 3.87. The molecule has 3 atom stereocenters. The molecule has 29 heavy (non-hydrogen) atoms. The van der Waals surface area contributed by atoms with Crippen LogP contribution in [0, 0.1) is 29.2 Å². The molecule has 0 spiro atoms. The maximum Gasteiger partial charge on any atom is 0.313 e. The molecule has 4 nitrogen and oxygen atoms in total. The minimum atomic E-state index is -1.32. The van der Waals surface area contributed by atoms with Crippen molar-refractivity contribution < 1.29 is 31.9 Å². The summed E-state index contributed by atoms with van der Waals surface area (Å²) in [5.41, 5.74) is -0.751. The van der Waals surface area contributed by atoms with Gasteiger partial charge in [-0.3, -0.25) is 9.59 Å². The van der Waals surface area contributed by atoms with E-state index >= 15 is 0 Å². The van der Waals surface area contributed by atoms with E-state index in [0.29, 0.717) is 12.1 Å². The normalized spacial score (nSPS) is 19.1. The number of ether oxygens (including phenoxy) is 1. The molecule has 1 N–H and O–H groups in total. The Kier molecular flexibility index (Phi) is 6.00. The predicted molar refractivity (Wildman–Crippen MR) is 96.0 cm³/mol. The first-order valence-corrected chi connectivity index (χ1v) is 8.77. The van der Waals surface area contributed by atoms with Gasteiger partial charge in [-0.15, -0.1) is 0 Å². The molecular weight excluding hydrogens is 390 g/mol. The molecule has 0 radical (unpaired) electrons. The summed E-state index contributed by atoms with van der Waals surface area (Å²) in [5.74, 6) is -7.51. The maximum atomic E-state index is 14.2. The third-order valence-corrected chi connectivity index (χ3v) is 4.79. The van der Waals surface area contributed by atoms with Gasteiger partial charge < -0.3 is 10.1 Å². The van der Waals surface area contributed by atoms with Crippen molar-refractivity contribution in [3.8, 4) is 0 Å². The van der Waals surface area contributed by atoms with Crippen LogP contribution in [0.15, 0.2) is 48.6 Å². The van der Waals surface area contributed by atoms with Crippen molar-refractivity contribution in [2.24, 2.45) is 5.92 Å². The summed E-state index contributed by atoms with van der Waals surface area (Å²) in [6.07, 6.45) is 3.36. The molecule has 8 heteroatoms. The van der Waals surface area contributed by atoms with Crippen LogP contribution in [0.5, 0.6) is 0 Å². The van der Waals surface area contributed by atoms with Gasteiger partial charge in [-0.1, -0.05) is 30.4 Å². The number of allylic oxidation sites excluding steroid dienone is 1. The van der Waals surface area contributed by atoms with Crippen LogP contribution in [0.1, 0.15) is 28.3 Å². The quantitative estimate of drug-likeness (QED) is 0.465. The highest BCUT2D eigenvalue weighted by Crippen LogP contribution is 2.35. The molecule has 3 rings (SSSR count). The summed E-state index contributed by atoms with van der Waals surface area (Å²) >= 11 is 0. The number of benzene rings is 2. The van der Waals surface area contributed by atoms with E-state index in [-0.39, 0.29) is 12.0 Å². The maximum absolute atomic E-state index is 14.2. The van der Waals surface area contributed by atoms with Crippen molar-refractivity contribution in [3.05, 3.63) is 82.9 Å². The molecular formula is C21H17F4NO3. The Hall–Kier alpha value is -3.16. The van der Waals surface area contributed by atoms with E-state index in [9.17, 15) is 27.2 Å². The van der Waals surface area contributed by atoms with Gasteiger partial charge in [-0.2, -0.15) is 0 Å². The minimum Gasteiger partial charge on any atom is -0.469 e. The summed E-state index contributed by atoms with van der Waals surface area (Å²) in [7, 11) is 1.19. The fourth-order valence-electron chi connectivity index (χ4n) is 3.47. The van der Waals surface area contributed by atoms with Crippen molar-refractivity contribution in [3.63, 3.8) is 0 Å². The second-order valence-electron chi connectivity index (χ2n) is 6.63. The van der Waals surface area contributed by atoms with Gasteiger partial charge in [-0.05, 0) is 18.4 Å². The molecule has 0 bridgehead atoms. The van der Waals surface area contributed by atoms with Crippen LogP contribution in [0.25, 0.3) is 0 Å². The topological polar surface area (TPSA) is 55.4 Å². The molecule has 1 aliphatic rings. The van der Waals surface area contributed by atoms with Gasteiger partial charge in [-0.25, -0.2) is 17.6 Å². The lowest BCUT2D eigenvalue weighted by atomic mass is 9.85. The Labute approximate surface area is 164 Å². The second-order valence-corrected chi connectivity index (χ2v) is 6.63. The Bertz CT molecular complexity index is 953. The lowest BCUT2D eigenvalue weighted by Crippen LogP contribution is -2.35. The highest BCUT2D eigenvalue weighted by molar-refractivity contribution is 5.95. The van der Waals surface area contributed by atoms with Crippen LogP contribution in [0.3, 0.4) is 0 Å². The standard InChI is InChI=1S/C21H17F4NO3/c1-29-21(28)18(14-4-2-3-5-15(14)23)11-6-7-13(8-11)26-20(27)19-16(24)9-12(22)10-17(19)25/h2-7,9-11,13,18H,8H2,1H3,(H,26,27)/t11-,13-,18-/m0/s1. The van der Waals surface area contributed by atoms with Crippen molar-refractivity contribution >= 4 is 11.9 Å². The van der Waals surface area contributed by atoms with Gasteiger partial charge in [0.1, 0.15) is 28.8 Å². The van der Waals surface area contributed by atoms with Gasteiger partial charge >= 0.3 is 5.97 Å². The minimum absolute atomic E-state index is 0.150. The summed E-state index contributed by atoms with van der Waals surface area (Å²) in [6, 6.07) is 5.95. The number of rotatable bonds is 5. The molecule has 2 aromatic rings. The fraction of sp³-hybridized carbons (Fsp3) is 0.238. The molecule has 152 valence electrons. The molecule has 0 heterocycles. The van der Waals surface area contributed by atoms with Gasteiger partial charge in [0.15, 0.2) is 0 Å². The lowest BCUT2D eigenvalue weighted by molar-refractivity contribution is -0.143. The molecule has 0 aliphatic heterocycles. The molecule has 2 aromatic carbocycles. The first-order chi connectivity index (χ1) is 13.8. The van der Waals surface area contributed by atoms with E-state index in [4.69, 9.17) is 4.74 Å². The fourth-order valence-corrected chi connectivity index (χ4v) is 3.47. The molecule has 1 amide bonds. The van der Waals surface area contributed by atoms with Crippen molar-refractivity contribution in [1.82, 2.24) is 5.32 Å². The van der Waals surface area contributed by atoms with E-state index in [0.717, 1.165) is 0 Å². The average molecular weight is 407 g/mol. The van der Waals surface area contributed by atoms with E-state index < -0.39 is 58.6 Å². The van der Waals surface area contributed by atoms with Crippen LogP contribution < -0.4 is 5.32 Å². The number of nitrogens with one attached hydrogen (secondary N) is 1. The van der Waals surface area contributed by atoms with E-state index in [1.54, 1.807) is 18.2 Å².